The Labute approximate surface area is 86.6 Å². The van der Waals surface area contributed by atoms with Crippen LogP contribution in [-0.2, 0) is 6.42 Å². The summed E-state index contributed by atoms with van der Waals surface area (Å²) in [7, 11) is 0. The average molecular weight is 189 g/mol. The molecule has 1 saturated carbocycles. The molecular formula is C13H19N. The van der Waals surface area contributed by atoms with Gasteiger partial charge < -0.3 is 0 Å². The summed E-state index contributed by atoms with van der Waals surface area (Å²) in [6.45, 7) is 2.38. The Morgan fingerprint density at radius 3 is 2.71 bits per heavy atom. The monoisotopic (exact) mass is 189 g/mol. The standard InChI is InChI=1S/C13H19N/c1-11-4-6-12(7-5-11)9-13-3-2-8-14-10-13/h2-3,8,10-12H,4-7,9H2,1H3. The lowest BCUT2D eigenvalue weighted by Crippen LogP contribution is -2.14. The predicted octanol–water partition coefficient (Wildman–Crippen LogP) is 3.45. The molecule has 0 atom stereocenters. The Morgan fingerprint density at radius 1 is 1.29 bits per heavy atom. The van der Waals surface area contributed by atoms with E-state index in [1.165, 1.54) is 37.7 Å². The maximum absolute atomic E-state index is 4.17. The third-order valence-electron chi connectivity index (χ3n) is 3.38. The number of nitrogens with zero attached hydrogens (tertiary/aromatic N) is 1. The molecule has 0 radical (unpaired) electrons. The van der Waals surface area contributed by atoms with E-state index in [4.69, 9.17) is 0 Å². The van der Waals surface area contributed by atoms with Gasteiger partial charge in [0.2, 0.25) is 0 Å². The zero-order valence-electron chi connectivity index (χ0n) is 8.95. The van der Waals surface area contributed by atoms with E-state index < -0.39 is 0 Å². The SMILES string of the molecule is CC1CCC(Cc2cccnc2)CC1. The van der Waals surface area contributed by atoms with E-state index in [2.05, 4.69) is 18.0 Å². The third kappa shape index (κ3) is 2.57. The lowest BCUT2D eigenvalue weighted by atomic mass is 9.80. The van der Waals surface area contributed by atoms with Gasteiger partial charge in [0.05, 0.1) is 0 Å². The average Bonchev–Trinajstić information content (AvgIpc) is 2.23. The van der Waals surface area contributed by atoms with Gasteiger partial charge in [-0.3, -0.25) is 4.98 Å². The second-order valence-corrected chi connectivity index (χ2v) is 4.69. The van der Waals surface area contributed by atoms with Crippen LogP contribution in [0.1, 0.15) is 38.2 Å². The van der Waals surface area contributed by atoms with Crippen LogP contribution in [0.3, 0.4) is 0 Å². The zero-order chi connectivity index (χ0) is 9.80. The number of hydrogen-bond acceptors (Lipinski definition) is 1. The van der Waals surface area contributed by atoms with Crippen LogP contribution >= 0.6 is 0 Å². The summed E-state index contributed by atoms with van der Waals surface area (Å²) in [5, 5.41) is 0. The van der Waals surface area contributed by atoms with Crippen LogP contribution in [0.2, 0.25) is 0 Å². The quantitative estimate of drug-likeness (QED) is 0.694. The van der Waals surface area contributed by atoms with Crippen LogP contribution in [0, 0.1) is 11.8 Å². The lowest BCUT2D eigenvalue weighted by Gasteiger charge is -2.25. The summed E-state index contributed by atoms with van der Waals surface area (Å²) < 4.78 is 0. The van der Waals surface area contributed by atoms with Gasteiger partial charge in [0.1, 0.15) is 0 Å². The first-order valence-corrected chi connectivity index (χ1v) is 5.73. The Hall–Kier alpha value is -0.850. The van der Waals surface area contributed by atoms with Crippen molar-refractivity contribution in [1.82, 2.24) is 4.98 Å². The van der Waals surface area contributed by atoms with E-state index in [-0.39, 0.29) is 0 Å². The predicted molar refractivity (Wildman–Crippen MR) is 59.1 cm³/mol. The van der Waals surface area contributed by atoms with Gasteiger partial charge in [-0.05, 0) is 42.7 Å². The molecule has 1 fully saturated rings. The van der Waals surface area contributed by atoms with Crippen molar-refractivity contribution in [2.24, 2.45) is 11.8 Å². The van der Waals surface area contributed by atoms with Crippen molar-refractivity contribution in [3.63, 3.8) is 0 Å². The van der Waals surface area contributed by atoms with Crippen molar-refractivity contribution < 1.29 is 0 Å². The highest BCUT2D eigenvalue weighted by molar-refractivity contribution is 5.09. The molecule has 0 saturated heterocycles. The largest absolute Gasteiger partial charge is 0.264 e. The molecule has 0 N–H and O–H groups in total. The summed E-state index contributed by atoms with van der Waals surface area (Å²) in [4.78, 5) is 4.17. The van der Waals surface area contributed by atoms with E-state index in [1.54, 1.807) is 0 Å². The summed E-state index contributed by atoms with van der Waals surface area (Å²) in [5.74, 6) is 1.87. The van der Waals surface area contributed by atoms with Crippen LogP contribution in [0.5, 0.6) is 0 Å². The number of hydrogen-bond donors (Lipinski definition) is 0. The van der Waals surface area contributed by atoms with Gasteiger partial charge >= 0.3 is 0 Å². The molecule has 0 aliphatic heterocycles. The van der Waals surface area contributed by atoms with Crippen LogP contribution in [0.25, 0.3) is 0 Å². The third-order valence-corrected chi connectivity index (χ3v) is 3.38. The molecule has 0 unspecified atom stereocenters. The highest BCUT2D eigenvalue weighted by atomic mass is 14.6. The first kappa shape index (κ1) is 9.70. The maximum atomic E-state index is 4.17. The Kier molecular flexibility index (Phi) is 3.18. The fourth-order valence-electron chi connectivity index (χ4n) is 2.39. The molecule has 1 aromatic heterocycles. The smallest absolute Gasteiger partial charge is 0.0299 e. The molecule has 1 nitrogen and oxygen atoms in total. The second kappa shape index (κ2) is 4.59. The van der Waals surface area contributed by atoms with Crippen LogP contribution in [-0.4, -0.2) is 4.98 Å². The Morgan fingerprint density at radius 2 is 2.07 bits per heavy atom. The van der Waals surface area contributed by atoms with Crippen molar-refractivity contribution in [3.05, 3.63) is 30.1 Å². The minimum atomic E-state index is 0.912. The van der Waals surface area contributed by atoms with Crippen LogP contribution in [0.4, 0.5) is 0 Å². The first-order valence-electron chi connectivity index (χ1n) is 5.73. The molecule has 1 heteroatoms. The molecule has 0 spiro atoms. The zero-order valence-corrected chi connectivity index (χ0v) is 8.95. The molecule has 14 heavy (non-hydrogen) atoms. The Balaban J connectivity index is 1.87. The molecule has 0 amide bonds. The molecule has 1 heterocycles. The highest BCUT2D eigenvalue weighted by Crippen LogP contribution is 2.30. The number of pyridine rings is 1. The summed E-state index contributed by atoms with van der Waals surface area (Å²) in [6, 6.07) is 4.24. The summed E-state index contributed by atoms with van der Waals surface area (Å²) in [6.07, 6.45) is 10.8. The topological polar surface area (TPSA) is 12.9 Å². The Bertz CT molecular complexity index is 260. The van der Waals surface area contributed by atoms with Gasteiger partial charge in [-0.25, -0.2) is 0 Å². The molecule has 1 aromatic rings. The van der Waals surface area contributed by atoms with Crippen molar-refractivity contribution in [3.8, 4) is 0 Å². The van der Waals surface area contributed by atoms with Crippen molar-refractivity contribution in [2.75, 3.05) is 0 Å². The van der Waals surface area contributed by atoms with E-state index >= 15 is 0 Å². The van der Waals surface area contributed by atoms with Gasteiger partial charge in [-0.1, -0.05) is 25.8 Å². The van der Waals surface area contributed by atoms with Crippen LogP contribution in [0.15, 0.2) is 24.5 Å². The van der Waals surface area contributed by atoms with E-state index in [0.717, 1.165) is 11.8 Å². The molecule has 2 rings (SSSR count). The maximum Gasteiger partial charge on any atom is 0.0299 e. The molecule has 0 bridgehead atoms. The van der Waals surface area contributed by atoms with Crippen molar-refractivity contribution in [1.29, 1.82) is 0 Å². The normalized spacial score (nSPS) is 27.5. The number of rotatable bonds is 2. The minimum Gasteiger partial charge on any atom is -0.264 e. The first-order chi connectivity index (χ1) is 6.84. The van der Waals surface area contributed by atoms with E-state index in [1.807, 2.05) is 18.5 Å². The summed E-state index contributed by atoms with van der Waals surface area (Å²) in [5.41, 5.74) is 1.41. The van der Waals surface area contributed by atoms with E-state index in [0.29, 0.717) is 0 Å². The summed E-state index contributed by atoms with van der Waals surface area (Å²) >= 11 is 0. The minimum absolute atomic E-state index is 0.912. The fourth-order valence-corrected chi connectivity index (χ4v) is 2.39. The van der Waals surface area contributed by atoms with Crippen molar-refractivity contribution >= 4 is 0 Å². The van der Waals surface area contributed by atoms with Gasteiger partial charge in [0, 0.05) is 12.4 Å². The molecule has 76 valence electrons. The second-order valence-electron chi connectivity index (χ2n) is 4.69. The molecule has 0 aromatic carbocycles. The molecular weight excluding hydrogens is 170 g/mol. The van der Waals surface area contributed by atoms with Gasteiger partial charge in [0.25, 0.3) is 0 Å². The van der Waals surface area contributed by atoms with Crippen molar-refractivity contribution in [2.45, 2.75) is 39.0 Å². The highest BCUT2D eigenvalue weighted by Gasteiger charge is 2.18. The molecule has 1 aliphatic rings. The fraction of sp³-hybridized carbons (Fsp3) is 0.615. The van der Waals surface area contributed by atoms with Gasteiger partial charge in [-0.2, -0.15) is 0 Å². The van der Waals surface area contributed by atoms with E-state index in [9.17, 15) is 0 Å². The van der Waals surface area contributed by atoms with Gasteiger partial charge in [0.15, 0.2) is 0 Å². The van der Waals surface area contributed by atoms with Crippen LogP contribution < -0.4 is 0 Å². The lowest BCUT2D eigenvalue weighted by molar-refractivity contribution is 0.289. The molecule has 1 aliphatic carbocycles. The van der Waals surface area contributed by atoms with Gasteiger partial charge in [-0.15, -0.1) is 0 Å². The number of aromatic nitrogens is 1.